The molecular weight excluding hydrogens is 383 g/mol. The SMILES string of the molecule is Cn1c([C@H]2CCCN(S(C)(=O)=O)C2)nn(Cc2c(F)cccc2Cl)c1=O. The van der Waals surface area contributed by atoms with Gasteiger partial charge < -0.3 is 0 Å². The molecule has 2 heterocycles. The molecule has 1 aliphatic heterocycles. The molecule has 0 aliphatic carbocycles. The maximum Gasteiger partial charge on any atom is 0.345 e. The highest BCUT2D eigenvalue weighted by Crippen LogP contribution is 2.26. The van der Waals surface area contributed by atoms with Crippen molar-refractivity contribution >= 4 is 21.6 Å². The van der Waals surface area contributed by atoms with Gasteiger partial charge in [0.15, 0.2) is 0 Å². The Labute approximate surface area is 156 Å². The van der Waals surface area contributed by atoms with Crippen LogP contribution in [-0.2, 0) is 23.6 Å². The van der Waals surface area contributed by atoms with Crippen molar-refractivity contribution in [1.29, 1.82) is 0 Å². The molecule has 0 amide bonds. The van der Waals surface area contributed by atoms with Crippen LogP contribution in [0.1, 0.15) is 30.1 Å². The first-order chi connectivity index (χ1) is 12.2. The normalized spacial score (nSPS) is 19.0. The molecule has 10 heteroatoms. The third-order valence-corrected chi connectivity index (χ3v) is 6.29. The van der Waals surface area contributed by atoms with Gasteiger partial charge in [0.1, 0.15) is 11.6 Å². The average Bonchev–Trinajstić information content (AvgIpc) is 2.86. The van der Waals surface area contributed by atoms with Crippen LogP contribution >= 0.6 is 11.6 Å². The number of nitrogens with zero attached hydrogens (tertiary/aromatic N) is 4. The second kappa shape index (κ2) is 7.13. The number of halogens is 2. The molecule has 1 fully saturated rings. The monoisotopic (exact) mass is 402 g/mol. The summed E-state index contributed by atoms with van der Waals surface area (Å²) in [6, 6.07) is 4.33. The molecule has 3 rings (SSSR count). The van der Waals surface area contributed by atoms with Crippen molar-refractivity contribution in [2.75, 3.05) is 19.3 Å². The Kier molecular flexibility index (Phi) is 5.23. The standard InChI is InChI=1S/C16H20ClFN4O3S/c1-20-15(11-5-4-8-21(9-11)26(2,24)25)19-22(16(20)23)10-12-13(17)6-3-7-14(12)18/h3,6-7,11H,4-5,8-10H2,1-2H3/t11-/m0/s1. The Bertz CT molecular complexity index is 966. The maximum absolute atomic E-state index is 14.0. The topological polar surface area (TPSA) is 77.2 Å². The second-order valence-corrected chi connectivity index (χ2v) is 8.91. The lowest BCUT2D eigenvalue weighted by Gasteiger charge is -2.30. The molecule has 0 bridgehead atoms. The smallest absolute Gasteiger partial charge is 0.282 e. The molecule has 0 radical (unpaired) electrons. The number of piperidine rings is 1. The van der Waals surface area contributed by atoms with Gasteiger partial charge >= 0.3 is 5.69 Å². The minimum Gasteiger partial charge on any atom is -0.282 e. The van der Waals surface area contributed by atoms with Crippen LogP contribution in [0.25, 0.3) is 0 Å². The van der Waals surface area contributed by atoms with Crippen LogP contribution in [0.3, 0.4) is 0 Å². The summed E-state index contributed by atoms with van der Waals surface area (Å²) in [5.41, 5.74) is -0.196. The largest absolute Gasteiger partial charge is 0.345 e. The molecule has 2 aromatic rings. The lowest BCUT2D eigenvalue weighted by atomic mass is 9.99. The predicted molar refractivity (Wildman–Crippen MR) is 96.4 cm³/mol. The highest BCUT2D eigenvalue weighted by atomic mass is 35.5. The summed E-state index contributed by atoms with van der Waals surface area (Å²) >= 11 is 6.03. The van der Waals surface area contributed by atoms with Crippen LogP contribution in [0.2, 0.25) is 5.02 Å². The van der Waals surface area contributed by atoms with E-state index in [-0.39, 0.29) is 29.6 Å². The molecule has 7 nitrogen and oxygen atoms in total. The van der Waals surface area contributed by atoms with E-state index in [2.05, 4.69) is 5.10 Å². The summed E-state index contributed by atoms with van der Waals surface area (Å²) in [5.74, 6) is -0.193. The van der Waals surface area contributed by atoms with Crippen molar-refractivity contribution in [3.05, 3.63) is 50.9 Å². The van der Waals surface area contributed by atoms with E-state index in [0.717, 1.165) is 6.42 Å². The van der Waals surface area contributed by atoms with Crippen molar-refractivity contribution in [3.63, 3.8) is 0 Å². The molecule has 0 spiro atoms. The average molecular weight is 403 g/mol. The first-order valence-corrected chi connectivity index (χ1v) is 10.4. The lowest BCUT2D eigenvalue weighted by molar-refractivity contribution is 0.307. The highest BCUT2D eigenvalue weighted by Gasteiger charge is 2.30. The number of hydrogen-bond donors (Lipinski definition) is 0. The van der Waals surface area contributed by atoms with E-state index in [1.165, 1.54) is 31.9 Å². The molecule has 26 heavy (non-hydrogen) atoms. The molecule has 1 atom stereocenters. The van der Waals surface area contributed by atoms with Crippen molar-refractivity contribution in [2.45, 2.75) is 25.3 Å². The summed E-state index contributed by atoms with van der Waals surface area (Å²) in [4.78, 5) is 12.5. The Morgan fingerprint density at radius 1 is 1.38 bits per heavy atom. The number of benzene rings is 1. The first-order valence-electron chi connectivity index (χ1n) is 8.20. The van der Waals surface area contributed by atoms with Crippen LogP contribution in [0.5, 0.6) is 0 Å². The predicted octanol–water partition coefficient (Wildman–Crippen LogP) is 1.56. The zero-order valence-electron chi connectivity index (χ0n) is 14.5. The number of rotatable bonds is 4. The quantitative estimate of drug-likeness (QED) is 0.777. The third-order valence-electron chi connectivity index (χ3n) is 4.66. The summed E-state index contributed by atoms with van der Waals surface area (Å²) in [7, 11) is -1.71. The van der Waals surface area contributed by atoms with Crippen LogP contribution in [0, 0.1) is 5.82 Å². The van der Waals surface area contributed by atoms with Crippen LogP contribution in [-0.4, -0.2) is 46.4 Å². The van der Waals surface area contributed by atoms with E-state index in [1.54, 1.807) is 13.1 Å². The minimum absolute atomic E-state index is 0.0826. The van der Waals surface area contributed by atoms with Crippen molar-refractivity contribution in [1.82, 2.24) is 18.7 Å². The summed E-state index contributed by atoms with van der Waals surface area (Å²) < 4.78 is 41.6. The Hall–Kier alpha value is -1.71. The molecule has 0 saturated carbocycles. The van der Waals surface area contributed by atoms with Gasteiger partial charge in [-0.25, -0.2) is 26.6 Å². The van der Waals surface area contributed by atoms with Gasteiger partial charge in [-0.05, 0) is 25.0 Å². The molecular formula is C16H20ClFN4O3S. The fraction of sp³-hybridized carbons (Fsp3) is 0.500. The van der Waals surface area contributed by atoms with Crippen molar-refractivity contribution < 1.29 is 12.8 Å². The van der Waals surface area contributed by atoms with Gasteiger partial charge in [-0.1, -0.05) is 17.7 Å². The Morgan fingerprint density at radius 2 is 2.12 bits per heavy atom. The van der Waals surface area contributed by atoms with E-state index < -0.39 is 21.5 Å². The lowest BCUT2D eigenvalue weighted by Crippen LogP contribution is -2.39. The van der Waals surface area contributed by atoms with Crippen molar-refractivity contribution in [3.8, 4) is 0 Å². The Morgan fingerprint density at radius 3 is 2.77 bits per heavy atom. The van der Waals surface area contributed by atoms with Gasteiger partial charge in [-0.3, -0.25) is 4.57 Å². The number of sulfonamides is 1. The van der Waals surface area contributed by atoms with E-state index in [9.17, 15) is 17.6 Å². The van der Waals surface area contributed by atoms with Gasteiger partial charge in [-0.2, -0.15) is 5.10 Å². The van der Waals surface area contributed by atoms with E-state index in [0.29, 0.717) is 18.8 Å². The highest BCUT2D eigenvalue weighted by molar-refractivity contribution is 7.88. The molecule has 0 N–H and O–H groups in total. The number of hydrogen-bond acceptors (Lipinski definition) is 4. The van der Waals surface area contributed by atoms with Crippen LogP contribution in [0.4, 0.5) is 4.39 Å². The van der Waals surface area contributed by atoms with E-state index in [4.69, 9.17) is 11.6 Å². The third kappa shape index (κ3) is 3.70. The zero-order valence-corrected chi connectivity index (χ0v) is 16.1. The van der Waals surface area contributed by atoms with Gasteiger partial charge in [0.2, 0.25) is 10.0 Å². The molecule has 1 aromatic carbocycles. The maximum atomic E-state index is 14.0. The summed E-state index contributed by atoms with van der Waals surface area (Å²) in [6.07, 6.45) is 2.60. The fourth-order valence-electron chi connectivity index (χ4n) is 3.25. The molecule has 142 valence electrons. The minimum atomic E-state index is -3.30. The molecule has 1 aliphatic rings. The number of aromatic nitrogens is 3. The van der Waals surface area contributed by atoms with E-state index >= 15 is 0 Å². The summed E-state index contributed by atoms with van der Waals surface area (Å²) in [6.45, 7) is 0.666. The van der Waals surface area contributed by atoms with Gasteiger partial charge in [0.25, 0.3) is 0 Å². The fourth-order valence-corrected chi connectivity index (χ4v) is 4.38. The second-order valence-electron chi connectivity index (χ2n) is 6.52. The van der Waals surface area contributed by atoms with Crippen LogP contribution in [0.15, 0.2) is 23.0 Å². The van der Waals surface area contributed by atoms with Crippen LogP contribution < -0.4 is 5.69 Å². The molecule has 1 aromatic heterocycles. The van der Waals surface area contributed by atoms with E-state index in [1.807, 2.05) is 0 Å². The summed E-state index contributed by atoms with van der Waals surface area (Å²) in [5, 5.41) is 4.57. The van der Waals surface area contributed by atoms with Gasteiger partial charge in [0, 0.05) is 36.6 Å². The zero-order chi connectivity index (χ0) is 19.1. The first kappa shape index (κ1) is 19.1. The van der Waals surface area contributed by atoms with Gasteiger partial charge in [0.05, 0.1) is 12.8 Å². The molecule has 1 saturated heterocycles. The van der Waals surface area contributed by atoms with Crippen molar-refractivity contribution in [2.24, 2.45) is 7.05 Å². The Balaban J connectivity index is 1.92. The van der Waals surface area contributed by atoms with Gasteiger partial charge in [-0.15, -0.1) is 0 Å². The molecule has 0 unspecified atom stereocenters.